The third kappa shape index (κ3) is 45.8. The van der Waals surface area contributed by atoms with Crippen molar-refractivity contribution in [3.63, 3.8) is 0 Å². The molecule has 6 nitrogen and oxygen atoms in total. The van der Waals surface area contributed by atoms with Gasteiger partial charge in [-0.05, 0) is 37.0 Å². The van der Waals surface area contributed by atoms with Crippen LogP contribution in [-0.4, -0.2) is 37.2 Å². The van der Waals surface area contributed by atoms with Crippen LogP contribution in [-0.2, 0) is 28.6 Å². The Morgan fingerprint density at radius 1 is 0.339 bits per heavy atom. The molecule has 0 aromatic carbocycles. The second-order valence-electron chi connectivity index (χ2n) is 19.4. The van der Waals surface area contributed by atoms with Gasteiger partial charge in [-0.1, -0.05) is 247 Å². The van der Waals surface area contributed by atoms with E-state index in [0.29, 0.717) is 19.3 Å². The molecule has 0 saturated carbocycles. The molecule has 0 heterocycles. The SMILES string of the molecule is CCC(C)CCCCCCCCCCCCCCCCC(=O)O[C@@H](COC(=O)CCCCCCCCCCCCCC(C)C)COC(=O)CCCCCCCCC(C)C. The van der Waals surface area contributed by atoms with Crippen LogP contribution in [0.2, 0.25) is 0 Å². The van der Waals surface area contributed by atoms with E-state index in [2.05, 4.69) is 41.5 Å². The predicted molar refractivity (Wildman–Crippen MR) is 252 cm³/mol. The van der Waals surface area contributed by atoms with Crippen molar-refractivity contribution in [2.75, 3.05) is 13.2 Å². The second kappa shape index (κ2) is 44.5. The van der Waals surface area contributed by atoms with E-state index >= 15 is 0 Å². The number of rotatable bonds is 46. The fraction of sp³-hybridized carbons (Fsp3) is 0.943. The number of ether oxygens (including phenoxy) is 3. The maximum Gasteiger partial charge on any atom is 0.306 e. The highest BCUT2D eigenvalue weighted by Gasteiger charge is 2.19. The fourth-order valence-corrected chi connectivity index (χ4v) is 7.91. The van der Waals surface area contributed by atoms with Crippen LogP contribution in [0.3, 0.4) is 0 Å². The van der Waals surface area contributed by atoms with Crippen LogP contribution < -0.4 is 0 Å². The average Bonchev–Trinajstić information content (AvgIpc) is 3.20. The lowest BCUT2D eigenvalue weighted by atomic mass is 9.99. The summed E-state index contributed by atoms with van der Waals surface area (Å²) >= 11 is 0. The zero-order valence-corrected chi connectivity index (χ0v) is 40.5. The van der Waals surface area contributed by atoms with Crippen molar-refractivity contribution < 1.29 is 28.6 Å². The fourth-order valence-electron chi connectivity index (χ4n) is 7.91. The van der Waals surface area contributed by atoms with Gasteiger partial charge in [0.25, 0.3) is 0 Å². The normalized spacial score (nSPS) is 12.6. The molecule has 1 unspecified atom stereocenters. The third-order valence-electron chi connectivity index (χ3n) is 12.3. The molecule has 0 spiro atoms. The van der Waals surface area contributed by atoms with Crippen LogP contribution in [0.15, 0.2) is 0 Å². The van der Waals surface area contributed by atoms with Gasteiger partial charge in [-0.15, -0.1) is 0 Å². The van der Waals surface area contributed by atoms with Gasteiger partial charge >= 0.3 is 17.9 Å². The highest BCUT2D eigenvalue weighted by atomic mass is 16.6. The molecule has 0 aromatic rings. The van der Waals surface area contributed by atoms with Crippen molar-refractivity contribution in [1.82, 2.24) is 0 Å². The van der Waals surface area contributed by atoms with Gasteiger partial charge in [0.1, 0.15) is 13.2 Å². The Labute approximate surface area is 368 Å². The molecule has 0 bridgehead atoms. The molecular formula is C53H102O6. The maximum atomic E-state index is 12.8. The molecule has 0 rings (SSSR count). The van der Waals surface area contributed by atoms with Gasteiger partial charge in [-0.25, -0.2) is 0 Å². The highest BCUT2D eigenvalue weighted by Crippen LogP contribution is 2.18. The van der Waals surface area contributed by atoms with Crippen LogP contribution >= 0.6 is 0 Å². The average molecular weight is 835 g/mol. The van der Waals surface area contributed by atoms with Crippen LogP contribution in [0.1, 0.15) is 286 Å². The van der Waals surface area contributed by atoms with Crippen LogP contribution in [0.25, 0.3) is 0 Å². The molecule has 2 atom stereocenters. The minimum Gasteiger partial charge on any atom is -0.462 e. The van der Waals surface area contributed by atoms with Crippen molar-refractivity contribution in [3.8, 4) is 0 Å². The van der Waals surface area contributed by atoms with Gasteiger partial charge in [-0.2, -0.15) is 0 Å². The molecule has 0 radical (unpaired) electrons. The first-order valence-electron chi connectivity index (χ1n) is 26.1. The summed E-state index contributed by atoms with van der Waals surface area (Å²) < 4.78 is 16.8. The van der Waals surface area contributed by atoms with Gasteiger partial charge in [0.15, 0.2) is 6.10 Å². The molecule has 0 aromatic heterocycles. The van der Waals surface area contributed by atoms with E-state index in [-0.39, 0.29) is 31.1 Å². The zero-order valence-electron chi connectivity index (χ0n) is 40.5. The van der Waals surface area contributed by atoms with Gasteiger partial charge in [0, 0.05) is 19.3 Å². The molecule has 0 saturated heterocycles. The second-order valence-corrected chi connectivity index (χ2v) is 19.4. The number of esters is 3. The Kier molecular flexibility index (Phi) is 43.3. The van der Waals surface area contributed by atoms with Gasteiger partial charge in [-0.3, -0.25) is 14.4 Å². The largest absolute Gasteiger partial charge is 0.462 e. The Morgan fingerprint density at radius 3 is 0.881 bits per heavy atom. The molecule has 0 fully saturated rings. The predicted octanol–water partition coefficient (Wildman–Crippen LogP) is 16.8. The van der Waals surface area contributed by atoms with E-state index in [1.165, 1.54) is 167 Å². The summed E-state index contributed by atoms with van der Waals surface area (Å²) in [5.74, 6) is 1.63. The van der Waals surface area contributed by atoms with E-state index in [4.69, 9.17) is 14.2 Å². The molecule has 350 valence electrons. The molecule has 0 aliphatic rings. The molecular weight excluding hydrogens is 733 g/mol. The van der Waals surface area contributed by atoms with E-state index in [1.807, 2.05) is 0 Å². The van der Waals surface area contributed by atoms with Crippen LogP contribution in [0.4, 0.5) is 0 Å². The molecule has 0 N–H and O–H groups in total. The smallest absolute Gasteiger partial charge is 0.306 e. The summed E-state index contributed by atoms with van der Waals surface area (Å²) in [5.41, 5.74) is 0. The Morgan fingerprint density at radius 2 is 0.593 bits per heavy atom. The number of hydrogen-bond acceptors (Lipinski definition) is 6. The maximum absolute atomic E-state index is 12.8. The molecule has 59 heavy (non-hydrogen) atoms. The minimum atomic E-state index is -0.763. The highest BCUT2D eigenvalue weighted by molar-refractivity contribution is 5.71. The summed E-state index contributed by atoms with van der Waals surface area (Å²) in [6.07, 6.45) is 43.8. The van der Waals surface area contributed by atoms with Crippen molar-refractivity contribution in [3.05, 3.63) is 0 Å². The minimum absolute atomic E-state index is 0.0654. The lowest BCUT2D eigenvalue weighted by Crippen LogP contribution is -2.30. The lowest BCUT2D eigenvalue weighted by Gasteiger charge is -2.18. The Bertz CT molecular complexity index is 916. The van der Waals surface area contributed by atoms with E-state index < -0.39 is 6.10 Å². The van der Waals surface area contributed by atoms with Crippen molar-refractivity contribution in [2.45, 2.75) is 292 Å². The van der Waals surface area contributed by atoms with E-state index in [0.717, 1.165) is 75.5 Å². The summed E-state index contributed by atoms with van der Waals surface area (Å²) in [4.78, 5) is 37.9. The first-order chi connectivity index (χ1) is 28.6. The molecule has 0 amide bonds. The molecule has 6 heteroatoms. The topological polar surface area (TPSA) is 78.9 Å². The standard InChI is InChI=1S/C53H102O6/c1-7-49(6)41-35-29-22-18-14-10-8-9-11-15-20-24-32-38-44-53(56)59-50(46-58-52(55)43-37-31-26-25-28-34-40-48(4)5)45-57-51(54)42-36-30-23-19-16-12-13-17-21-27-33-39-47(2)3/h47-50H,7-46H2,1-6H3/t49?,50-/m0/s1. The molecule has 0 aliphatic heterocycles. The molecule has 0 aliphatic carbocycles. The van der Waals surface area contributed by atoms with E-state index in [9.17, 15) is 14.4 Å². The number of carbonyl (C=O) groups excluding carboxylic acids is 3. The first-order valence-corrected chi connectivity index (χ1v) is 26.1. The van der Waals surface area contributed by atoms with Crippen LogP contribution in [0, 0.1) is 17.8 Å². The number of unbranched alkanes of at least 4 members (excludes halogenated alkanes) is 28. The zero-order chi connectivity index (χ0) is 43.4. The van der Waals surface area contributed by atoms with Gasteiger partial charge in [0.05, 0.1) is 0 Å². The summed E-state index contributed by atoms with van der Waals surface area (Å²) in [7, 11) is 0. The van der Waals surface area contributed by atoms with Crippen LogP contribution in [0.5, 0.6) is 0 Å². The summed E-state index contributed by atoms with van der Waals surface area (Å²) in [5, 5.41) is 0. The number of carbonyl (C=O) groups is 3. The third-order valence-corrected chi connectivity index (χ3v) is 12.3. The summed E-state index contributed by atoms with van der Waals surface area (Å²) in [6.45, 7) is 13.7. The van der Waals surface area contributed by atoms with Crippen molar-refractivity contribution >= 4 is 17.9 Å². The lowest BCUT2D eigenvalue weighted by molar-refractivity contribution is -0.167. The van der Waals surface area contributed by atoms with E-state index in [1.54, 1.807) is 0 Å². The van der Waals surface area contributed by atoms with Crippen molar-refractivity contribution in [1.29, 1.82) is 0 Å². The Hall–Kier alpha value is -1.59. The Balaban J connectivity index is 4.27. The summed E-state index contributed by atoms with van der Waals surface area (Å²) in [6, 6.07) is 0. The van der Waals surface area contributed by atoms with Gasteiger partial charge in [0.2, 0.25) is 0 Å². The first kappa shape index (κ1) is 57.4. The van der Waals surface area contributed by atoms with Gasteiger partial charge < -0.3 is 14.2 Å². The number of hydrogen-bond donors (Lipinski definition) is 0. The quantitative estimate of drug-likeness (QED) is 0.0345. The monoisotopic (exact) mass is 835 g/mol. The van der Waals surface area contributed by atoms with Crippen molar-refractivity contribution in [2.24, 2.45) is 17.8 Å².